The van der Waals surface area contributed by atoms with Gasteiger partial charge in [-0.2, -0.15) is 0 Å². The van der Waals surface area contributed by atoms with Crippen molar-refractivity contribution in [2.45, 2.75) is 23.1 Å². The van der Waals surface area contributed by atoms with Crippen LogP contribution in [0.3, 0.4) is 0 Å². The third kappa shape index (κ3) is 3.31. The largest absolute Gasteiger partial charge is 0.312 e. The molecule has 0 bridgehead atoms. The third-order valence-electron chi connectivity index (χ3n) is 3.57. The molecule has 2 atom stereocenters. The Morgan fingerprint density at radius 3 is 2.10 bits per heavy atom. The first-order valence-electron chi connectivity index (χ1n) is 6.68. The standard InChI is InChI=1S/C16H18FNO2S/c1-12(16(18-2)13-6-4-3-5-7-13)21(19,20)15-10-8-14(17)9-11-15/h3-12,16,18H,1-2H3. The first kappa shape index (κ1) is 15.7. The molecule has 2 aromatic rings. The number of benzene rings is 2. The topological polar surface area (TPSA) is 46.2 Å². The summed E-state index contributed by atoms with van der Waals surface area (Å²) in [6.07, 6.45) is 0. The highest BCUT2D eigenvalue weighted by molar-refractivity contribution is 7.92. The van der Waals surface area contributed by atoms with Gasteiger partial charge in [0.15, 0.2) is 9.84 Å². The zero-order chi connectivity index (χ0) is 15.5. The van der Waals surface area contributed by atoms with E-state index < -0.39 is 20.9 Å². The van der Waals surface area contributed by atoms with E-state index >= 15 is 0 Å². The minimum absolute atomic E-state index is 0.132. The SMILES string of the molecule is CNC(c1ccccc1)C(C)S(=O)(=O)c1ccc(F)cc1. The van der Waals surface area contributed by atoms with Gasteiger partial charge in [0, 0.05) is 6.04 Å². The maximum Gasteiger partial charge on any atom is 0.182 e. The molecule has 0 fully saturated rings. The number of rotatable bonds is 5. The van der Waals surface area contributed by atoms with Crippen LogP contribution < -0.4 is 5.32 Å². The van der Waals surface area contributed by atoms with Gasteiger partial charge in [0.25, 0.3) is 0 Å². The summed E-state index contributed by atoms with van der Waals surface area (Å²) < 4.78 is 38.3. The van der Waals surface area contributed by atoms with Crippen LogP contribution in [0.5, 0.6) is 0 Å². The molecule has 1 N–H and O–H groups in total. The van der Waals surface area contributed by atoms with Crippen LogP contribution in [-0.2, 0) is 9.84 Å². The summed E-state index contributed by atoms with van der Waals surface area (Å²) in [7, 11) is -1.81. The van der Waals surface area contributed by atoms with E-state index in [9.17, 15) is 12.8 Å². The van der Waals surface area contributed by atoms with Gasteiger partial charge < -0.3 is 5.32 Å². The van der Waals surface area contributed by atoms with Gasteiger partial charge in [-0.25, -0.2) is 12.8 Å². The summed E-state index contributed by atoms with van der Waals surface area (Å²) in [5, 5.41) is 2.38. The van der Waals surface area contributed by atoms with Crippen molar-refractivity contribution in [3.63, 3.8) is 0 Å². The van der Waals surface area contributed by atoms with Crippen molar-refractivity contribution >= 4 is 9.84 Å². The fourth-order valence-electron chi connectivity index (χ4n) is 2.35. The number of hydrogen-bond donors (Lipinski definition) is 1. The monoisotopic (exact) mass is 307 g/mol. The molecule has 0 aliphatic heterocycles. The van der Waals surface area contributed by atoms with Gasteiger partial charge in [-0.1, -0.05) is 30.3 Å². The maximum absolute atomic E-state index is 13.0. The molecular weight excluding hydrogens is 289 g/mol. The molecule has 0 saturated carbocycles. The van der Waals surface area contributed by atoms with Crippen LogP contribution in [0.15, 0.2) is 59.5 Å². The summed E-state index contributed by atoms with van der Waals surface area (Å²) in [5.74, 6) is -0.449. The Labute approximate surface area is 124 Å². The van der Waals surface area contributed by atoms with Crippen molar-refractivity contribution < 1.29 is 12.8 Å². The number of sulfone groups is 1. The first-order chi connectivity index (χ1) is 9.96. The Kier molecular flexibility index (Phi) is 4.75. The first-order valence-corrected chi connectivity index (χ1v) is 8.23. The van der Waals surface area contributed by atoms with E-state index in [1.807, 2.05) is 30.3 Å². The molecule has 21 heavy (non-hydrogen) atoms. The van der Waals surface area contributed by atoms with Crippen molar-refractivity contribution in [3.8, 4) is 0 Å². The highest BCUT2D eigenvalue weighted by Crippen LogP contribution is 2.26. The molecule has 0 aliphatic rings. The van der Waals surface area contributed by atoms with Crippen LogP contribution in [0.4, 0.5) is 4.39 Å². The van der Waals surface area contributed by atoms with Crippen molar-refractivity contribution in [1.29, 1.82) is 0 Å². The van der Waals surface area contributed by atoms with Crippen LogP contribution in [0.1, 0.15) is 18.5 Å². The summed E-state index contributed by atoms with van der Waals surface area (Å²) in [6.45, 7) is 1.66. The summed E-state index contributed by atoms with van der Waals surface area (Å²) in [4.78, 5) is 0.132. The molecule has 0 aliphatic carbocycles. The van der Waals surface area contributed by atoms with Crippen LogP contribution in [-0.4, -0.2) is 20.7 Å². The van der Waals surface area contributed by atoms with Crippen LogP contribution >= 0.6 is 0 Å². The predicted molar refractivity (Wildman–Crippen MR) is 81.3 cm³/mol. The van der Waals surface area contributed by atoms with Crippen molar-refractivity contribution in [1.82, 2.24) is 5.32 Å². The predicted octanol–water partition coefficient (Wildman–Crippen LogP) is 2.95. The Morgan fingerprint density at radius 2 is 1.57 bits per heavy atom. The lowest BCUT2D eigenvalue weighted by atomic mass is 10.0. The van der Waals surface area contributed by atoms with Gasteiger partial charge in [-0.15, -0.1) is 0 Å². The van der Waals surface area contributed by atoms with Gasteiger partial charge in [0.2, 0.25) is 0 Å². The molecule has 0 spiro atoms. The lowest BCUT2D eigenvalue weighted by Gasteiger charge is -2.24. The minimum Gasteiger partial charge on any atom is -0.312 e. The Morgan fingerprint density at radius 1 is 1.00 bits per heavy atom. The van der Waals surface area contributed by atoms with E-state index in [2.05, 4.69) is 5.32 Å². The molecule has 0 heterocycles. The van der Waals surface area contributed by atoms with Crippen molar-refractivity contribution in [2.24, 2.45) is 0 Å². The fourth-order valence-corrected chi connectivity index (χ4v) is 3.95. The fraction of sp³-hybridized carbons (Fsp3) is 0.250. The highest BCUT2D eigenvalue weighted by Gasteiger charge is 2.30. The van der Waals surface area contributed by atoms with Crippen molar-refractivity contribution in [2.75, 3.05) is 7.05 Å². The average molecular weight is 307 g/mol. The molecular formula is C16H18FNO2S. The van der Waals surface area contributed by atoms with Gasteiger partial charge in [-0.3, -0.25) is 0 Å². The van der Waals surface area contributed by atoms with Gasteiger partial charge in [-0.05, 0) is 43.8 Å². The van der Waals surface area contributed by atoms with Gasteiger partial charge in [0.05, 0.1) is 10.1 Å². The second-order valence-corrected chi connectivity index (χ2v) is 7.19. The van der Waals surface area contributed by atoms with E-state index in [1.165, 1.54) is 12.1 Å². The van der Waals surface area contributed by atoms with E-state index in [4.69, 9.17) is 0 Å². The number of hydrogen-bond acceptors (Lipinski definition) is 3. The molecule has 0 aromatic heterocycles. The molecule has 2 unspecified atom stereocenters. The van der Waals surface area contributed by atoms with E-state index in [0.717, 1.165) is 17.7 Å². The van der Waals surface area contributed by atoms with Crippen LogP contribution in [0.25, 0.3) is 0 Å². The van der Waals surface area contributed by atoms with Crippen LogP contribution in [0.2, 0.25) is 0 Å². The molecule has 5 heteroatoms. The maximum atomic E-state index is 13.0. The van der Waals surface area contributed by atoms with Gasteiger partial charge >= 0.3 is 0 Å². The summed E-state index contributed by atoms with van der Waals surface area (Å²) in [5.41, 5.74) is 0.901. The zero-order valence-corrected chi connectivity index (χ0v) is 12.8. The number of halogens is 1. The molecule has 2 aromatic carbocycles. The molecule has 0 radical (unpaired) electrons. The zero-order valence-electron chi connectivity index (χ0n) is 12.0. The lowest BCUT2D eigenvalue weighted by Crippen LogP contribution is -2.33. The Balaban J connectivity index is 2.36. The lowest BCUT2D eigenvalue weighted by molar-refractivity contribution is 0.530. The summed E-state index contributed by atoms with van der Waals surface area (Å²) in [6, 6.07) is 14.0. The van der Waals surface area contributed by atoms with Gasteiger partial charge in [0.1, 0.15) is 5.82 Å². The summed E-state index contributed by atoms with van der Waals surface area (Å²) >= 11 is 0. The van der Waals surface area contributed by atoms with E-state index in [1.54, 1.807) is 14.0 Å². The second-order valence-electron chi connectivity index (χ2n) is 4.88. The Bertz CT molecular complexity index is 684. The average Bonchev–Trinajstić information content (AvgIpc) is 2.49. The molecule has 2 rings (SSSR count). The molecule has 0 saturated heterocycles. The third-order valence-corrected chi connectivity index (χ3v) is 5.75. The molecule has 3 nitrogen and oxygen atoms in total. The van der Waals surface area contributed by atoms with Crippen molar-refractivity contribution in [3.05, 3.63) is 66.0 Å². The number of nitrogens with one attached hydrogen (secondary N) is 1. The normalized spacial score (nSPS) is 14.6. The quantitative estimate of drug-likeness (QED) is 0.864. The Hall–Kier alpha value is -1.72. The van der Waals surface area contributed by atoms with E-state index in [-0.39, 0.29) is 10.9 Å². The molecule has 112 valence electrons. The van der Waals surface area contributed by atoms with Crippen LogP contribution in [0, 0.1) is 5.82 Å². The minimum atomic E-state index is -3.54. The highest BCUT2D eigenvalue weighted by atomic mass is 32.2. The second kappa shape index (κ2) is 6.37. The molecule has 0 amide bonds. The van der Waals surface area contributed by atoms with E-state index in [0.29, 0.717) is 0 Å². The smallest absolute Gasteiger partial charge is 0.182 e.